The molecule has 0 saturated carbocycles. The lowest BCUT2D eigenvalue weighted by atomic mass is 10.1. The second-order valence-electron chi connectivity index (χ2n) is 9.00. The molecule has 8 nitrogen and oxygen atoms in total. The summed E-state index contributed by atoms with van der Waals surface area (Å²) in [5, 5.41) is 9.57. The lowest BCUT2D eigenvalue weighted by Gasteiger charge is -2.37. The van der Waals surface area contributed by atoms with E-state index in [0.717, 1.165) is 30.8 Å². The number of hydrogen-bond acceptors (Lipinski definition) is 7. The zero-order valence-electron chi connectivity index (χ0n) is 19.7. The van der Waals surface area contributed by atoms with E-state index in [-0.39, 0.29) is 15.6 Å². The van der Waals surface area contributed by atoms with Crippen LogP contribution in [0.15, 0.2) is 36.5 Å². The summed E-state index contributed by atoms with van der Waals surface area (Å²) in [4.78, 5) is 31.8. The highest BCUT2D eigenvalue weighted by molar-refractivity contribution is 6.35. The highest BCUT2D eigenvalue weighted by Crippen LogP contribution is 2.32. The van der Waals surface area contributed by atoms with Crippen LogP contribution < -0.4 is 14.7 Å². The molecule has 0 amide bonds. The molecule has 2 aliphatic heterocycles. The minimum Gasteiger partial charge on any atom is -0.478 e. The maximum absolute atomic E-state index is 13.8. The van der Waals surface area contributed by atoms with E-state index in [1.807, 2.05) is 11.0 Å². The number of piperazine rings is 1. The van der Waals surface area contributed by atoms with Gasteiger partial charge in [-0.15, -0.1) is 0 Å². The summed E-state index contributed by atoms with van der Waals surface area (Å²) < 4.78 is 13.8. The second kappa shape index (κ2) is 10.1. The van der Waals surface area contributed by atoms with Gasteiger partial charge in [-0.05, 0) is 44.0 Å². The van der Waals surface area contributed by atoms with E-state index in [4.69, 9.17) is 33.2 Å². The zero-order valence-corrected chi connectivity index (χ0v) is 21.2. The highest BCUT2D eigenvalue weighted by atomic mass is 35.5. The molecule has 11 heteroatoms. The Morgan fingerprint density at radius 2 is 1.81 bits per heavy atom. The Labute approximate surface area is 218 Å². The summed E-state index contributed by atoms with van der Waals surface area (Å²) >= 11 is 12.4. The third kappa shape index (κ3) is 4.77. The number of aromatic carboxylic acids is 1. The molecule has 1 N–H and O–H groups in total. The van der Waals surface area contributed by atoms with Gasteiger partial charge in [0.1, 0.15) is 17.5 Å². The van der Waals surface area contributed by atoms with Gasteiger partial charge in [0.2, 0.25) is 5.95 Å². The highest BCUT2D eigenvalue weighted by Gasteiger charge is 2.27. The third-order valence-electron chi connectivity index (χ3n) is 6.73. The van der Waals surface area contributed by atoms with Crippen molar-refractivity contribution in [3.05, 3.63) is 58.0 Å². The van der Waals surface area contributed by atoms with Crippen molar-refractivity contribution in [3.63, 3.8) is 0 Å². The van der Waals surface area contributed by atoms with Gasteiger partial charge in [-0.2, -0.15) is 4.98 Å². The average Bonchev–Trinajstić information content (AvgIpc) is 3.31. The van der Waals surface area contributed by atoms with E-state index < -0.39 is 11.8 Å². The number of pyridine rings is 1. The molecule has 2 aliphatic rings. The fourth-order valence-electron chi connectivity index (χ4n) is 4.71. The number of carbonyl (C=O) groups is 1. The zero-order chi connectivity index (χ0) is 25.4. The van der Waals surface area contributed by atoms with Gasteiger partial charge < -0.3 is 19.8 Å². The molecule has 188 valence electrons. The largest absolute Gasteiger partial charge is 0.478 e. The van der Waals surface area contributed by atoms with Crippen LogP contribution in [0, 0.1) is 5.82 Å². The average molecular weight is 531 g/mol. The van der Waals surface area contributed by atoms with Gasteiger partial charge in [-0.1, -0.05) is 23.2 Å². The summed E-state index contributed by atoms with van der Waals surface area (Å²) in [6, 6.07) is 8.23. The van der Waals surface area contributed by atoms with Crippen molar-refractivity contribution in [2.24, 2.45) is 0 Å². The SMILES string of the molecule is CC1CCCN1c1nc(-c2ccc(F)c(Cl)c2)cc(N2CCN(c3nccc(C(=O)O)c3Cl)CC2)n1. The molecule has 4 heterocycles. The van der Waals surface area contributed by atoms with E-state index in [1.54, 1.807) is 12.1 Å². The molecular weight excluding hydrogens is 506 g/mol. The maximum atomic E-state index is 13.8. The maximum Gasteiger partial charge on any atom is 0.337 e. The van der Waals surface area contributed by atoms with Crippen LogP contribution in [0.4, 0.5) is 22.0 Å². The quantitative estimate of drug-likeness (QED) is 0.493. The van der Waals surface area contributed by atoms with Gasteiger partial charge >= 0.3 is 5.97 Å². The predicted octanol–water partition coefficient (Wildman–Crippen LogP) is 5.00. The monoisotopic (exact) mass is 530 g/mol. The van der Waals surface area contributed by atoms with Gasteiger partial charge in [0.15, 0.2) is 0 Å². The Morgan fingerprint density at radius 1 is 1.06 bits per heavy atom. The Balaban J connectivity index is 1.43. The van der Waals surface area contributed by atoms with Crippen molar-refractivity contribution in [1.82, 2.24) is 15.0 Å². The minimum atomic E-state index is -1.08. The Bertz CT molecular complexity index is 1300. The molecule has 0 spiro atoms. The summed E-state index contributed by atoms with van der Waals surface area (Å²) in [6.45, 7) is 5.49. The topological polar surface area (TPSA) is 85.7 Å². The number of hydrogen-bond donors (Lipinski definition) is 1. The summed E-state index contributed by atoms with van der Waals surface area (Å²) in [7, 11) is 0. The van der Waals surface area contributed by atoms with Crippen molar-refractivity contribution >= 4 is 46.8 Å². The molecule has 2 fully saturated rings. The van der Waals surface area contributed by atoms with E-state index in [1.165, 1.54) is 18.3 Å². The molecule has 1 unspecified atom stereocenters. The van der Waals surface area contributed by atoms with Crippen molar-refractivity contribution in [2.45, 2.75) is 25.8 Å². The number of rotatable bonds is 5. The molecule has 36 heavy (non-hydrogen) atoms. The number of benzene rings is 1. The molecule has 0 radical (unpaired) electrons. The minimum absolute atomic E-state index is 0.0341. The first-order valence-corrected chi connectivity index (χ1v) is 12.6. The molecule has 5 rings (SSSR count). The standard InChI is InChI=1S/C25H25Cl2FN6O2/c1-15-3-2-8-34(15)25-30-20(16-4-5-19(28)18(26)13-16)14-21(31-25)32-9-11-33(12-10-32)23-22(27)17(24(35)36)6-7-29-23/h4-7,13-15H,2-3,8-12H2,1H3,(H,35,36). The summed E-state index contributed by atoms with van der Waals surface area (Å²) in [6.07, 6.45) is 3.62. The number of carboxylic acid groups (broad SMARTS) is 1. The van der Waals surface area contributed by atoms with Crippen LogP contribution in [-0.2, 0) is 0 Å². The van der Waals surface area contributed by atoms with Crippen LogP contribution in [-0.4, -0.2) is 64.8 Å². The summed E-state index contributed by atoms with van der Waals surface area (Å²) in [5.41, 5.74) is 1.43. The smallest absolute Gasteiger partial charge is 0.337 e. The third-order valence-corrected chi connectivity index (χ3v) is 7.39. The number of nitrogens with zero attached hydrogens (tertiary/aromatic N) is 6. The van der Waals surface area contributed by atoms with Crippen molar-refractivity contribution < 1.29 is 14.3 Å². The Kier molecular flexibility index (Phi) is 6.85. The molecule has 1 atom stereocenters. The molecule has 2 saturated heterocycles. The number of anilines is 3. The van der Waals surface area contributed by atoms with Crippen LogP contribution in [0.25, 0.3) is 11.3 Å². The van der Waals surface area contributed by atoms with E-state index in [9.17, 15) is 14.3 Å². The lowest BCUT2D eigenvalue weighted by molar-refractivity contribution is 0.0697. The van der Waals surface area contributed by atoms with Crippen molar-refractivity contribution in [3.8, 4) is 11.3 Å². The first-order valence-electron chi connectivity index (χ1n) is 11.8. The number of carboxylic acids is 1. The molecule has 2 aromatic heterocycles. The van der Waals surface area contributed by atoms with Gasteiger partial charge in [0, 0.05) is 56.6 Å². The number of aromatic nitrogens is 3. The Hall–Kier alpha value is -3.17. The summed E-state index contributed by atoms with van der Waals surface area (Å²) in [5.74, 6) is 0.327. The normalized spacial score (nSPS) is 18.1. The van der Waals surface area contributed by atoms with Crippen LogP contribution in [0.3, 0.4) is 0 Å². The molecule has 0 bridgehead atoms. The predicted molar refractivity (Wildman–Crippen MR) is 139 cm³/mol. The fraction of sp³-hybridized carbons (Fsp3) is 0.360. The van der Waals surface area contributed by atoms with Crippen LogP contribution in [0.5, 0.6) is 0 Å². The fourth-order valence-corrected chi connectivity index (χ4v) is 5.20. The van der Waals surface area contributed by atoms with Gasteiger partial charge in [0.25, 0.3) is 0 Å². The lowest BCUT2D eigenvalue weighted by Crippen LogP contribution is -2.47. The van der Waals surface area contributed by atoms with Crippen LogP contribution in [0.2, 0.25) is 10.0 Å². The van der Waals surface area contributed by atoms with E-state index in [0.29, 0.717) is 49.7 Å². The molecule has 1 aromatic carbocycles. The van der Waals surface area contributed by atoms with Crippen LogP contribution >= 0.6 is 23.2 Å². The second-order valence-corrected chi connectivity index (χ2v) is 9.79. The van der Waals surface area contributed by atoms with Crippen molar-refractivity contribution in [1.29, 1.82) is 0 Å². The van der Waals surface area contributed by atoms with Crippen LogP contribution in [0.1, 0.15) is 30.1 Å². The molecule has 3 aromatic rings. The van der Waals surface area contributed by atoms with Crippen molar-refractivity contribution in [2.75, 3.05) is 47.4 Å². The first-order chi connectivity index (χ1) is 17.3. The molecule has 0 aliphatic carbocycles. The molecular formula is C25H25Cl2FN6O2. The van der Waals surface area contributed by atoms with Gasteiger partial charge in [-0.3, -0.25) is 0 Å². The van der Waals surface area contributed by atoms with E-state index >= 15 is 0 Å². The van der Waals surface area contributed by atoms with Gasteiger partial charge in [0.05, 0.1) is 21.3 Å². The van der Waals surface area contributed by atoms with Gasteiger partial charge in [-0.25, -0.2) is 19.2 Å². The Morgan fingerprint density at radius 3 is 2.47 bits per heavy atom. The van der Waals surface area contributed by atoms with E-state index in [2.05, 4.69) is 21.7 Å². The number of halogens is 3. The first kappa shape index (κ1) is 24.5.